The molecule has 0 bridgehead atoms. The Balaban J connectivity index is 2.38. The predicted octanol–water partition coefficient (Wildman–Crippen LogP) is 1.91. The van der Waals surface area contributed by atoms with Crippen molar-refractivity contribution in [3.63, 3.8) is 0 Å². The van der Waals surface area contributed by atoms with Gasteiger partial charge in [-0.15, -0.1) is 0 Å². The Bertz CT molecular complexity index is 429. The van der Waals surface area contributed by atoms with E-state index in [1.54, 1.807) is 6.92 Å². The van der Waals surface area contributed by atoms with Crippen LogP contribution in [0.4, 0.5) is 0 Å². The van der Waals surface area contributed by atoms with Crippen molar-refractivity contribution in [3.8, 4) is 0 Å². The van der Waals surface area contributed by atoms with Crippen LogP contribution in [0, 0.1) is 6.92 Å². The smallest absolute Gasteiger partial charge is 0.305 e. The maximum absolute atomic E-state index is 11.6. The lowest BCUT2D eigenvalue weighted by Gasteiger charge is -2.11. The summed E-state index contributed by atoms with van der Waals surface area (Å²) in [6, 6.07) is 7.61. The summed E-state index contributed by atoms with van der Waals surface area (Å²) in [6.45, 7) is 3.71. The van der Waals surface area contributed by atoms with Crippen LogP contribution in [0.3, 0.4) is 0 Å². The molecule has 0 aliphatic heterocycles. The Morgan fingerprint density at radius 1 is 1.33 bits per heavy atom. The Hall–Kier alpha value is -1.84. The number of benzene rings is 1. The van der Waals surface area contributed by atoms with Crippen LogP contribution in [0.25, 0.3) is 0 Å². The first kappa shape index (κ1) is 14.2. The number of carboxylic acid groups (broad SMARTS) is 1. The minimum Gasteiger partial charge on any atom is -0.481 e. The molecule has 0 saturated heterocycles. The molecular formula is C14H19NO3. The fraction of sp³-hybridized carbons (Fsp3) is 0.429. The number of aryl methyl sites for hydroxylation is 2. The van der Waals surface area contributed by atoms with Crippen molar-refractivity contribution in [2.24, 2.45) is 0 Å². The zero-order valence-electron chi connectivity index (χ0n) is 10.8. The first-order valence-corrected chi connectivity index (χ1v) is 6.04. The molecule has 2 N–H and O–H groups in total. The molecule has 1 aromatic carbocycles. The molecule has 0 heterocycles. The lowest BCUT2D eigenvalue weighted by atomic mass is 10.0. The van der Waals surface area contributed by atoms with E-state index < -0.39 is 5.97 Å². The Morgan fingerprint density at radius 3 is 2.61 bits per heavy atom. The minimum absolute atomic E-state index is 0.0455. The van der Waals surface area contributed by atoms with E-state index in [0.717, 1.165) is 5.56 Å². The molecule has 0 radical (unpaired) electrons. The molecule has 1 atom stereocenters. The van der Waals surface area contributed by atoms with Gasteiger partial charge in [0.05, 0.1) is 6.42 Å². The van der Waals surface area contributed by atoms with Crippen LogP contribution in [-0.4, -0.2) is 23.0 Å². The lowest BCUT2D eigenvalue weighted by molar-refractivity contribution is -0.137. The quantitative estimate of drug-likeness (QED) is 0.809. The first-order chi connectivity index (χ1) is 8.49. The molecule has 0 aliphatic carbocycles. The van der Waals surface area contributed by atoms with Gasteiger partial charge in [0.1, 0.15) is 0 Å². The number of hydrogen-bond donors (Lipinski definition) is 2. The highest BCUT2D eigenvalue weighted by Gasteiger charge is 2.11. The van der Waals surface area contributed by atoms with Crippen molar-refractivity contribution in [1.82, 2.24) is 5.32 Å². The van der Waals surface area contributed by atoms with Gasteiger partial charge in [-0.3, -0.25) is 9.59 Å². The largest absolute Gasteiger partial charge is 0.481 e. The number of carbonyl (C=O) groups excluding carboxylic acids is 1. The second-order valence-corrected chi connectivity index (χ2v) is 4.49. The Labute approximate surface area is 107 Å². The van der Waals surface area contributed by atoms with Gasteiger partial charge in [-0.25, -0.2) is 0 Å². The Kier molecular flexibility index (Phi) is 5.36. The average molecular weight is 249 g/mol. The number of carbonyl (C=O) groups is 2. The van der Waals surface area contributed by atoms with Crippen LogP contribution in [-0.2, 0) is 16.0 Å². The Morgan fingerprint density at radius 2 is 2.00 bits per heavy atom. The van der Waals surface area contributed by atoms with Crippen molar-refractivity contribution in [2.75, 3.05) is 0 Å². The summed E-state index contributed by atoms with van der Waals surface area (Å²) in [5.41, 5.74) is 2.32. The third kappa shape index (κ3) is 4.99. The van der Waals surface area contributed by atoms with E-state index >= 15 is 0 Å². The highest BCUT2D eigenvalue weighted by molar-refractivity contribution is 5.77. The monoisotopic (exact) mass is 249 g/mol. The number of hydrogen-bond acceptors (Lipinski definition) is 2. The summed E-state index contributed by atoms with van der Waals surface area (Å²) in [6.07, 6.45) is 1.02. The second kappa shape index (κ2) is 6.79. The zero-order valence-corrected chi connectivity index (χ0v) is 10.8. The van der Waals surface area contributed by atoms with Crippen LogP contribution in [0.15, 0.2) is 24.3 Å². The van der Waals surface area contributed by atoms with E-state index in [1.165, 1.54) is 5.56 Å². The maximum atomic E-state index is 11.6. The highest BCUT2D eigenvalue weighted by atomic mass is 16.4. The summed E-state index contributed by atoms with van der Waals surface area (Å²) in [4.78, 5) is 22.1. The second-order valence-electron chi connectivity index (χ2n) is 4.49. The van der Waals surface area contributed by atoms with Crippen molar-refractivity contribution < 1.29 is 14.7 Å². The minimum atomic E-state index is -0.901. The molecule has 0 saturated carbocycles. The van der Waals surface area contributed by atoms with Gasteiger partial charge in [-0.2, -0.15) is 0 Å². The summed E-state index contributed by atoms with van der Waals surface area (Å²) < 4.78 is 0. The van der Waals surface area contributed by atoms with Crippen LogP contribution in [0.1, 0.15) is 30.9 Å². The molecule has 0 fully saturated rings. The molecule has 0 aromatic heterocycles. The molecule has 4 nitrogen and oxygen atoms in total. The van der Waals surface area contributed by atoms with Gasteiger partial charge >= 0.3 is 5.97 Å². The number of rotatable bonds is 6. The maximum Gasteiger partial charge on any atom is 0.305 e. The molecule has 18 heavy (non-hydrogen) atoms. The van der Waals surface area contributed by atoms with E-state index in [-0.39, 0.29) is 18.4 Å². The number of carboxylic acids is 1. The number of amides is 1. The van der Waals surface area contributed by atoms with Crippen molar-refractivity contribution in [1.29, 1.82) is 0 Å². The molecule has 0 spiro atoms. The predicted molar refractivity (Wildman–Crippen MR) is 69.4 cm³/mol. The SMILES string of the molecule is Cc1ccccc1CCC(=O)NC(C)CC(=O)O. The van der Waals surface area contributed by atoms with Gasteiger partial charge in [-0.05, 0) is 31.4 Å². The molecule has 98 valence electrons. The zero-order chi connectivity index (χ0) is 13.5. The van der Waals surface area contributed by atoms with Gasteiger partial charge in [-0.1, -0.05) is 24.3 Å². The molecule has 0 aliphatic rings. The van der Waals surface area contributed by atoms with E-state index in [0.29, 0.717) is 12.8 Å². The van der Waals surface area contributed by atoms with Gasteiger partial charge in [0, 0.05) is 12.5 Å². The summed E-state index contributed by atoms with van der Waals surface area (Å²) in [5, 5.41) is 11.3. The molecule has 1 rings (SSSR count). The fourth-order valence-corrected chi connectivity index (χ4v) is 1.80. The molecule has 1 amide bonds. The van der Waals surface area contributed by atoms with Crippen molar-refractivity contribution >= 4 is 11.9 Å². The molecular weight excluding hydrogens is 230 g/mol. The number of aliphatic carboxylic acids is 1. The summed E-state index contributed by atoms with van der Waals surface area (Å²) in [7, 11) is 0. The van der Waals surface area contributed by atoms with Crippen LogP contribution < -0.4 is 5.32 Å². The van der Waals surface area contributed by atoms with Gasteiger partial charge in [0.25, 0.3) is 0 Å². The van der Waals surface area contributed by atoms with Crippen LogP contribution in [0.5, 0.6) is 0 Å². The van der Waals surface area contributed by atoms with Crippen molar-refractivity contribution in [2.45, 2.75) is 39.2 Å². The van der Waals surface area contributed by atoms with Crippen molar-refractivity contribution in [3.05, 3.63) is 35.4 Å². The standard InChI is InChI=1S/C14H19NO3/c1-10-5-3-4-6-12(10)7-8-13(16)15-11(2)9-14(17)18/h3-6,11H,7-9H2,1-2H3,(H,15,16)(H,17,18). The number of nitrogens with one attached hydrogen (secondary N) is 1. The van der Waals surface area contributed by atoms with E-state index in [9.17, 15) is 9.59 Å². The van der Waals surface area contributed by atoms with Gasteiger partial charge < -0.3 is 10.4 Å². The average Bonchev–Trinajstić information content (AvgIpc) is 2.26. The highest BCUT2D eigenvalue weighted by Crippen LogP contribution is 2.09. The van der Waals surface area contributed by atoms with E-state index in [2.05, 4.69) is 5.32 Å². The van der Waals surface area contributed by atoms with Gasteiger partial charge in [0.15, 0.2) is 0 Å². The molecule has 1 aromatic rings. The molecule has 4 heteroatoms. The normalized spacial score (nSPS) is 11.9. The summed E-state index contributed by atoms with van der Waals surface area (Å²) >= 11 is 0. The van der Waals surface area contributed by atoms with E-state index in [4.69, 9.17) is 5.11 Å². The topological polar surface area (TPSA) is 66.4 Å². The third-order valence-electron chi connectivity index (χ3n) is 2.77. The van der Waals surface area contributed by atoms with E-state index in [1.807, 2.05) is 31.2 Å². The first-order valence-electron chi connectivity index (χ1n) is 6.04. The van der Waals surface area contributed by atoms with Gasteiger partial charge in [0.2, 0.25) is 5.91 Å². The molecule has 1 unspecified atom stereocenters. The third-order valence-corrected chi connectivity index (χ3v) is 2.77. The lowest BCUT2D eigenvalue weighted by Crippen LogP contribution is -2.34. The van der Waals surface area contributed by atoms with Crippen LogP contribution >= 0.6 is 0 Å². The fourth-order valence-electron chi connectivity index (χ4n) is 1.80. The van der Waals surface area contributed by atoms with Crippen LogP contribution in [0.2, 0.25) is 0 Å². The summed E-state index contributed by atoms with van der Waals surface area (Å²) in [5.74, 6) is -1.01.